The largest absolute Gasteiger partial charge is 0.320 e. The van der Waals surface area contributed by atoms with Crippen molar-refractivity contribution in [3.63, 3.8) is 0 Å². The smallest absolute Gasteiger partial charge is 0.00489 e. The minimum atomic E-state index is 1.19. The molecule has 0 aromatic carbocycles. The molecule has 0 rings (SSSR count). The van der Waals surface area contributed by atoms with Gasteiger partial charge in [-0.15, -0.1) is 0 Å². The van der Waals surface area contributed by atoms with E-state index in [0.717, 1.165) is 0 Å². The monoisotopic (exact) mass is 384 g/mol. The van der Waals surface area contributed by atoms with Crippen molar-refractivity contribution in [3.8, 4) is 0 Å². The average Bonchev–Trinajstić information content (AvgIpc) is 2.69. The van der Waals surface area contributed by atoms with Crippen LogP contribution in [0.2, 0.25) is 0 Å². The molecule has 0 spiro atoms. The Hall–Kier alpha value is -0.0800. The highest BCUT2D eigenvalue weighted by Gasteiger charge is 1.92. The first-order chi connectivity index (χ1) is 13.3. The van der Waals surface area contributed by atoms with Gasteiger partial charge in [0, 0.05) is 0 Å². The van der Waals surface area contributed by atoms with Crippen molar-refractivity contribution < 1.29 is 0 Å². The van der Waals surface area contributed by atoms with E-state index in [9.17, 15) is 0 Å². The molecular formula is C25H56N2. The van der Waals surface area contributed by atoms with Gasteiger partial charge in [-0.25, -0.2) is 0 Å². The van der Waals surface area contributed by atoms with E-state index in [1.54, 1.807) is 0 Å². The van der Waals surface area contributed by atoms with E-state index in [1.165, 1.54) is 135 Å². The van der Waals surface area contributed by atoms with Gasteiger partial charge in [0.2, 0.25) is 0 Å². The summed E-state index contributed by atoms with van der Waals surface area (Å²) in [7, 11) is 2.02. The van der Waals surface area contributed by atoms with Gasteiger partial charge in [-0.05, 0) is 45.9 Å². The number of rotatable bonds is 21. The van der Waals surface area contributed by atoms with Crippen LogP contribution in [0.4, 0.5) is 0 Å². The van der Waals surface area contributed by atoms with Crippen LogP contribution < -0.4 is 10.6 Å². The van der Waals surface area contributed by atoms with Crippen molar-refractivity contribution in [3.05, 3.63) is 0 Å². The van der Waals surface area contributed by atoms with Gasteiger partial charge in [0.25, 0.3) is 0 Å². The Kier molecular flexibility index (Phi) is 33.1. The second kappa shape index (κ2) is 30.6. The fourth-order valence-electron chi connectivity index (χ4n) is 3.27. The summed E-state index contributed by atoms with van der Waals surface area (Å²) in [6.45, 7) is 10.5. The van der Waals surface area contributed by atoms with Gasteiger partial charge >= 0.3 is 0 Å². The minimum Gasteiger partial charge on any atom is -0.320 e. The predicted octanol–water partition coefficient (Wildman–Crippen LogP) is 7.86. The molecule has 2 heteroatoms. The molecule has 0 aromatic heterocycles. The maximum absolute atomic E-state index is 3.57. The summed E-state index contributed by atoms with van der Waals surface area (Å²) in [6, 6.07) is 0. The zero-order valence-electron chi connectivity index (χ0n) is 19.8. The highest BCUT2D eigenvalue weighted by atomic mass is 14.8. The van der Waals surface area contributed by atoms with Crippen molar-refractivity contribution in [2.45, 2.75) is 136 Å². The fourth-order valence-corrected chi connectivity index (χ4v) is 3.27. The van der Waals surface area contributed by atoms with E-state index >= 15 is 0 Å². The lowest BCUT2D eigenvalue weighted by Crippen LogP contribution is -2.16. The van der Waals surface area contributed by atoms with Crippen molar-refractivity contribution in [2.75, 3.05) is 26.7 Å². The number of hydrogen-bond acceptors (Lipinski definition) is 2. The normalized spacial score (nSPS) is 10.7. The van der Waals surface area contributed by atoms with Gasteiger partial charge in [-0.3, -0.25) is 0 Å². The highest BCUT2D eigenvalue weighted by molar-refractivity contribution is 4.51. The summed E-state index contributed by atoms with van der Waals surface area (Å²) in [6.07, 6.45) is 25.3. The van der Waals surface area contributed by atoms with E-state index in [-0.39, 0.29) is 0 Å². The molecule has 0 amide bonds. The summed E-state index contributed by atoms with van der Waals surface area (Å²) >= 11 is 0. The molecular weight excluding hydrogens is 328 g/mol. The lowest BCUT2D eigenvalue weighted by molar-refractivity contribution is 0.543. The third-order valence-electron chi connectivity index (χ3n) is 5.19. The van der Waals surface area contributed by atoms with Crippen LogP contribution in [0.25, 0.3) is 0 Å². The minimum absolute atomic E-state index is 1.19. The van der Waals surface area contributed by atoms with Crippen LogP contribution in [0, 0.1) is 0 Å². The van der Waals surface area contributed by atoms with E-state index in [0.29, 0.717) is 0 Å². The summed E-state index contributed by atoms with van der Waals surface area (Å²) in [5.74, 6) is 0. The second-order valence-corrected chi connectivity index (χ2v) is 8.16. The quantitative estimate of drug-likeness (QED) is 0.197. The van der Waals surface area contributed by atoms with Crippen molar-refractivity contribution in [1.29, 1.82) is 0 Å². The zero-order chi connectivity index (χ0) is 20.3. The van der Waals surface area contributed by atoms with Crippen LogP contribution in [0.5, 0.6) is 0 Å². The Morgan fingerprint density at radius 3 is 1.00 bits per heavy atom. The van der Waals surface area contributed by atoms with Crippen molar-refractivity contribution in [1.82, 2.24) is 10.6 Å². The molecule has 0 bridgehead atoms. The Morgan fingerprint density at radius 1 is 0.370 bits per heavy atom. The molecule has 2 N–H and O–H groups in total. The van der Waals surface area contributed by atoms with Crippen LogP contribution >= 0.6 is 0 Å². The third-order valence-corrected chi connectivity index (χ3v) is 5.19. The zero-order valence-corrected chi connectivity index (χ0v) is 19.8. The van der Waals surface area contributed by atoms with Gasteiger partial charge in [0.1, 0.15) is 0 Å². The lowest BCUT2D eigenvalue weighted by atomic mass is 10.1. The number of hydrogen-bond donors (Lipinski definition) is 2. The molecule has 0 aromatic rings. The first-order valence-electron chi connectivity index (χ1n) is 12.7. The van der Waals surface area contributed by atoms with Crippen LogP contribution in [0.1, 0.15) is 136 Å². The van der Waals surface area contributed by atoms with Crippen LogP contribution in [0.3, 0.4) is 0 Å². The molecule has 0 aliphatic heterocycles. The second-order valence-electron chi connectivity index (χ2n) is 8.16. The summed E-state index contributed by atoms with van der Waals surface area (Å²) in [5, 5.41) is 6.73. The van der Waals surface area contributed by atoms with E-state index in [4.69, 9.17) is 0 Å². The van der Waals surface area contributed by atoms with Gasteiger partial charge in [-0.1, -0.05) is 117 Å². The summed E-state index contributed by atoms with van der Waals surface area (Å²) in [5.41, 5.74) is 0. The topological polar surface area (TPSA) is 24.1 Å². The Bertz CT molecular complexity index is 196. The third kappa shape index (κ3) is 33.9. The first kappa shape index (κ1) is 29.1. The molecule has 0 heterocycles. The van der Waals surface area contributed by atoms with E-state index in [2.05, 4.69) is 31.4 Å². The molecule has 0 saturated heterocycles. The predicted molar refractivity (Wildman–Crippen MR) is 127 cm³/mol. The molecule has 166 valence electrons. The van der Waals surface area contributed by atoms with Gasteiger partial charge in [-0.2, -0.15) is 0 Å². The fraction of sp³-hybridized carbons (Fsp3) is 1.00. The SMILES string of the molecule is CCCCCCCCNC.CCCCCCCCNCCCCCCCC. The maximum Gasteiger partial charge on any atom is -0.00489 e. The standard InChI is InChI=1S/C16H35N.C9H21N/c1-3-5-7-9-11-13-15-17-16-14-12-10-8-6-4-2;1-3-4-5-6-7-8-9-10-2/h17H,3-16H2,1-2H3;10H,3-9H2,1-2H3. The molecule has 2 nitrogen and oxygen atoms in total. The maximum atomic E-state index is 3.57. The summed E-state index contributed by atoms with van der Waals surface area (Å²) < 4.78 is 0. The number of unbranched alkanes of at least 4 members (excludes halogenated alkanes) is 15. The molecule has 0 atom stereocenters. The van der Waals surface area contributed by atoms with Crippen LogP contribution in [-0.2, 0) is 0 Å². The van der Waals surface area contributed by atoms with E-state index in [1.807, 2.05) is 7.05 Å². The molecule has 27 heavy (non-hydrogen) atoms. The molecule has 0 saturated carbocycles. The molecule has 0 unspecified atom stereocenters. The Balaban J connectivity index is 0. The highest BCUT2D eigenvalue weighted by Crippen LogP contribution is 2.05. The molecule has 0 fully saturated rings. The van der Waals surface area contributed by atoms with Crippen LogP contribution in [-0.4, -0.2) is 26.7 Å². The van der Waals surface area contributed by atoms with E-state index < -0.39 is 0 Å². The van der Waals surface area contributed by atoms with Crippen LogP contribution in [0.15, 0.2) is 0 Å². The number of nitrogens with one attached hydrogen (secondary N) is 2. The van der Waals surface area contributed by atoms with Gasteiger partial charge in [0.15, 0.2) is 0 Å². The van der Waals surface area contributed by atoms with Gasteiger partial charge < -0.3 is 10.6 Å². The molecule has 0 aliphatic carbocycles. The molecule has 0 aliphatic rings. The average molecular weight is 385 g/mol. The first-order valence-corrected chi connectivity index (χ1v) is 12.7. The van der Waals surface area contributed by atoms with Gasteiger partial charge in [0.05, 0.1) is 0 Å². The Morgan fingerprint density at radius 2 is 0.667 bits per heavy atom. The Labute approximate surface area is 174 Å². The van der Waals surface area contributed by atoms with Crippen molar-refractivity contribution >= 4 is 0 Å². The summed E-state index contributed by atoms with van der Waals surface area (Å²) in [4.78, 5) is 0. The lowest BCUT2D eigenvalue weighted by Gasteiger charge is -2.04. The molecule has 0 radical (unpaired) electrons. The van der Waals surface area contributed by atoms with Crippen molar-refractivity contribution in [2.24, 2.45) is 0 Å².